The molecule has 0 spiro atoms. The molecule has 92 valence electrons. The summed E-state index contributed by atoms with van der Waals surface area (Å²) < 4.78 is 5.37. The van der Waals surface area contributed by atoms with Crippen molar-refractivity contribution in [3.63, 3.8) is 0 Å². The summed E-state index contributed by atoms with van der Waals surface area (Å²) in [6, 6.07) is 4.29. The van der Waals surface area contributed by atoms with Gasteiger partial charge in [-0.1, -0.05) is 0 Å². The van der Waals surface area contributed by atoms with Gasteiger partial charge in [-0.15, -0.1) is 0 Å². The Hall–Kier alpha value is -2.63. The Kier molecular flexibility index (Phi) is 3.09. The normalized spacial score (nSPS) is 13.7. The van der Waals surface area contributed by atoms with Gasteiger partial charge in [0.25, 0.3) is 5.69 Å². The number of carboxylic acid groups (broad SMARTS) is 1. The summed E-state index contributed by atoms with van der Waals surface area (Å²) >= 11 is 0. The summed E-state index contributed by atoms with van der Waals surface area (Å²) in [6.07, 6.45) is 4.08. The highest BCUT2D eigenvalue weighted by Crippen LogP contribution is 2.30. The Morgan fingerprint density at radius 1 is 1.50 bits per heavy atom. The molecule has 1 aromatic rings. The summed E-state index contributed by atoms with van der Waals surface area (Å²) in [5.74, 6) is -0.506. The molecule has 1 N–H and O–H groups in total. The summed E-state index contributed by atoms with van der Waals surface area (Å²) in [4.78, 5) is 20.5. The molecular formula is C12H9NO5. The molecule has 0 fully saturated rings. The zero-order valence-electron chi connectivity index (χ0n) is 9.20. The van der Waals surface area contributed by atoms with Crippen LogP contribution < -0.4 is 4.74 Å². The van der Waals surface area contributed by atoms with E-state index in [2.05, 4.69) is 0 Å². The van der Waals surface area contributed by atoms with Gasteiger partial charge >= 0.3 is 5.97 Å². The second-order valence-electron chi connectivity index (χ2n) is 3.66. The van der Waals surface area contributed by atoms with Crippen molar-refractivity contribution >= 4 is 17.7 Å². The third-order valence-corrected chi connectivity index (χ3v) is 2.38. The minimum atomic E-state index is -1.05. The molecule has 0 saturated carbocycles. The SMILES string of the molecule is O=C(O)C=CC1=Cc2cc([N+](=O)[O-])ccc2OC1. The number of ether oxygens (including phenoxy) is 1. The number of fused-ring (bicyclic) bond motifs is 1. The number of hydrogen-bond acceptors (Lipinski definition) is 4. The number of aliphatic carboxylic acids is 1. The molecule has 1 aliphatic heterocycles. The molecule has 1 aliphatic rings. The van der Waals surface area contributed by atoms with E-state index in [4.69, 9.17) is 9.84 Å². The van der Waals surface area contributed by atoms with E-state index in [0.29, 0.717) is 16.9 Å². The van der Waals surface area contributed by atoms with Crippen LogP contribution in [0.3, 0.4) is 0 Å². The Balaban J connectivity index is 2.34. The lowest BCUT2D eigenvalue weighted by Crippen LogP contribution is -2.06. The predicted octanol–water partition coefficient (Wildman–Crippen LogP) is 2.01. The van der Waals surface area contributed by atoms with Crippen LogP contribution in [0.2, 0.25) is 0 Å². The number of non-ortho nitro benzene ring substituents is 1. The fourth-order valence-corrected chi connectivity index (χ4v) is 1.57. The van der Waals surface area contributed by atoms with Gasteiger partial charge in [0.1, 0.15) is 12.4 Å². The third kappa shape index (κ3) is 2.54. The molecule has 0 radical (unpaired) electrons. The maximum Gasteiger partial charge on any atom is 0.328 e. The molecule has 18 heavy (non-hydrogen) atoms. The Morgan fingerprint density at radius 3 is 2.94 bits per heavy atom. The smallest absolute Gasteiger partial charge is 0.328 e. The fourth-order valence-electron chi connectivity index (χ4n) is 1.57. The van der Waals surface area contributed by atoms with Crippen LogP contribution in [0.4, 0.5) is 5.69 Å². The van der Waals surface area contributed by atoms with Gasteiger partial charge in [-0.3, -0.25) is 10.1 Å². The quantitative estimate of drug-likeness (QED) is 0.501. The molecule has 0 atom stereocenters. The van der Waals surface area contributed by atoms with E-state index in [9.17, 15) is 14.9 Å². The van der Waals surface area contributed by atoms with Crippen LogP contribution in [0.15, 0.2) is 35.9 Å². The molecule has 0 aromatic heterocycles. The van der Waals surface area contributed by atoms with Crippen molar-refractivity contribution in [1.82, 2.24) is 0 Å². The van der Waals surface area contributed by atoms with Gasteiger partial charge < -0.3 is 9.84 Å². The van der Waals surface area contributed by atoms with Gasteiger partial charge in [0.05, 0.1) is 4.92 Å². The van der Waals surface area contributed by atoms with Gasteiger partial charge in [0, 0.05) is 23.8 Å². The molecule has 1 aromatic carbocycles. The van der Waals surface area contributed by atoms with Crippen LogP contribution in [-0.4, -0.2) is 22.6 Å². The van der Waals surface area contributed by atoms with Crippen molar-refractivity contribution < 1.29 is 19.6 Å². The van der Waals surface area contributed by atoms with E-state index >= 15 is 0 Å². The fraction of sp³-hybridized carbons (Fsp3) is 0.0833. The van der Waals surface area contributed by atoms with Crippen molar-refractivity contribution in [2.75, 3.05) is 6.61 Å². The molecule has 6 nitrogen and oxygen atoms in total. The van der Waals surface area contributed by atoms with Crippen molar-refractivity contribution in [2.45, 2.75) is 0 Å². The Labute approximate surface area is 102 Å². The zero-order valence-corrected chi connectivity index (χ0v) is 9.20. The van der Waals surface area contributed by atoms with Crippen LogP contribution in [0, 0.1) is 10.1 Å². The van der Waals surface area contributed by atoms with Crippen LogP contribution >= 0.6 is 0 Å². The number of carbonyl (C=O) groups is 1. The molecule has 6 heteroatoms. The molecule has 0 amide bonds. The molecule has 0 aliphatic carbocycles. The lowest BCUT2D eigenvalue weighted by molar-refractivity contribution is -0.384. The van der Waals surface area contributed by atoms with Crippen LogP contribution in [0.5, 0.6) is 5.75 Å². The highest BCUT2D eigenvalue weighted by molar-refractivity contribution is 5.81. The summed E-state index contributed by atoms with van der Waals surface area (Å²) in [5, 5.41) is 19.1. The van der Waals surface area contributed by atoms with Gasteiger partial charge in [-0.05, 0) is 23.8 Å². The average Bonchev–Trinajstić information content (AvgIpc) is 2.35. The number of rotatable bonds is 3. The maximum absolute atomic E-state index is 10.6. The molecule has 0 bridgehead atoms. The monoisotopic (exact) mass is 247 g/mol. The second kappa shape index (κ2) is 4.70. The first kappa shape index (κ1) is 11.8. The molecule has 1 heterocycles. The van der Waals surface area contributed by atoms with E-state index in [1.54, 1.807) is 6.08 Å². The number of nitrogens with zero attached hydrogens (tertiary/aromatic N) is 1. The van der Waals surface area contributed by atoms with E-state index < -0.39 is 10.9 Å². The van der Waals surface area contributed by atoms with Crippen molar-refractivity contribution in [1.29, 1.82) is 0 Å². The molecule has 2 rings (SSSR count). The molecule has 0 unspecified atom stereocenters. The molecule has 0 saturated heterocycles. The number of benzene rings is 1. The van der Waals surface area contributed by atoms with Crippen molar-refractivity contribution in [2.24, 2.45) is 0 Å². The summed E-state index contributed by atoms with van der Waals surface area (Å²) in [5.41, 5.74) is 1.18. The van der Waals surface area contributed by atoms with E-state index in [0.717, 1.165) is 6.08 Å². The van der Waals surface area contributed by atoms with Crippen molar-refractivity contribution in [3.05, 3.63) is 51.6 Å². The highest BCUT2D eigenvalue weighted by atomic mass is 16.6. The van der Waals surface area contributed by atoms with Crippen LogP contribution in [0.25, 0.3) is 6.08 Å². The van der Waals surface area contributed by atoms with Crippen LogP contribution in [0.1, 0.15) is 5.56 Å². The van der Waals surface area contributed by atoms with Crippen LogP contribution in [-0.2, 0) is 4.79 Å². The third-order valence-electron chi connectivity index (χ3n) is 2.38. The Bertz CT molecular complexity index is 574. The van der Waals surface area contributed by atoms with E-state index in [1.807, 2.05) is 0 Å². The van der Waals surface area contributed by atoms with Crippen molar-refractivity contribution in [3.8, 4) is 5.75 Å². The second-order valence-corrected chi connectivity index (χ2v) is 3.66. The lowest BCUT2D eigenvalue weighted by Gasteiger charge is -2.15. The maximum atomic E-state index is 10.6. The minimum absolute atomic E-state index is 0.0305. The first-order valence-electron chi connectivity index (χ1n) is 5.09. The van der Waals surface area contributed by atoms with E-state index in [1.165, 1.54) is 24.3 Å². The number of carboxylic acids is 1. The highest BCUT2D eigenvalue weighted by Gasteiger charge is 2.14. The summed E-state index contributed by atoms with van der Waals surface area (Å²) in [6.45, 7) is 0.245. The largest absolute Gasteiger partial charge is 0.488 e. The lowest BCUT2D eigenvalue weighted by atomic mass is 10.1. The topological polar surface area (TPSA) is 89.7 Å². The number of nitro benzene ring substituents is 1. The van der Waals surface area contributed by atoms with Gasteiger partial charge in [0.15, 0.2) is 0 Å². The van der Waals surface area contributed by atoms with Gasteiger partial charge in [-0.2, -0.15) is 0 Å². The standard InChI is InChI=1S/C12H9NO5/c14-12(15)4-1-8-5-9-6-10(13(16)17)2-3-11(9)18-7-8/h1-6H,7H2,(H,14,15). The van der Waals surface area contributed by atoms with Gasteiger partial charge in [0.2, 0.25) is 0 Å². The first-order chi connectivity index (χ1) is 8.56. The first-order valence-corrected chi connectivity index (χ1v) is 5.09. The predicted molar refractivity (Wildman–Crippen MR) is 63.3 cm³/mol. The minimum Gasteiger partial charge on any atom is -0.488 e. The van der Waals surface area contributed by atoms with E-state index in [-0.39, 0.29) is 12.3 Å². The Morgan fingerprint density at radius 2 is 2.28 bits per heavy atom. The number of nitro groups is 1. The molecular weight excluding hydrogens is 238 g/mol. The number of hydrogen-bond donors (Lipinski definition) is 1. The summed E-state index contributed by atoms with van der Waals surface area (Å²) in [7, 11) is 0. The average molecular weight is 247 g/mol. The zero-order chi connectivity index (χ0) is 13.1. The van der Waals surface area contributed by atoms with Gasteiger partial charge in [-0.25, -0.2) is 4.79 Å².